The van der Waals surface area contributed by atoms with Gasteiger partial charge in [0.1, 0.15) is 0 Å². The first kappa shape index (κ1) is 12.4. The molecule has 1 aromatic carbocycles. The summed E-state index contributed by atoms with van der Waals surface area (Å²) in [7, 11) is 0. The van der Waals surface area contributed by atoms with Crippen molar-refractivity contribution in [2.75, 3.05) is 12.0 Å². The van der Waals surface area contributed by atoms with Gasteiger partial charge in [0.05, 0.1) is 6.61 Å². The lowest BCUT2D eigenvalue weighted by Crippen LogP contribution is -2.05. The average Bonchev–Trinajstić information content (AvgIpc) is 2.20. The molecule has 0 fully saturated rings. The molecule has 1 rings (SSSR count). The van der Waals surface area contributed by atoms with Crippen LogP contribution in [0.5, 0.6) is 0 Å². The van der Waals surface area contributed by atoms with E-state index >= 15 is 0 Å². The van der Waals surface area contributed by atoms with Crippen molar-refractivity contribution >= 4 is 11.7 Å². The van der Waals surface area contributed by atoms with E-state index in [1.54, 1.807) is 6.92 Å². The van der Waals surface area contributed by atoms with Crippen LogP contribution in [0.3, 0.4) is 0 Å². The first-order valence-electron chi connectivity index (χ1n) is 4.35. The number of para-hydroxylation sites is 1. The number of ether oxygens (including phenoxy) is 1. The van der Waals surface area contributed by atoms with Crippen molar-refractivity contribution in [3.63, 3.8) is 0 Å². The molecule has 0 unspecified atom stereocenters. The highest BCUT2D eigenvalue weighted by Gasteiger charge is 1.81. The Morgan fingerprint density at radius 1 is 1.43 bits per heavy atom. The van der Waals surface area contributed by atoms with Gasteiger partial charge in [0.2, 0.25) is 0 Å². The zero-order valence-electron chi connectivity index (χ0n) is 8.49. The maximum absolute atomic E-state index is 9.82. The number of hydrazine groups is 1. The zero-order chi connectivity index (χ0) is 10.8. The molecule has 78 valence electrons. The third-order valence-electron chi connectivity index (χ3n) is 1.29. The molecule has 0 radical (unpaired) electrons. The number of hydrogen-bond acceptors (Lipinski definition) is 4. The van der Waals surface area contributed by atoms with Crippen LogP contribution in [0.2, 0.25) is 0 Å². The van der Waals surface area contributed by atoms with Crippen molar-refractivity contribution in [1.82, 2.24) is 0 Å². The van der Waals surface area contributed by atoms with Crippen LogP contribution in [0.4, 0.5) is 5.69 Å². The third-order valence-corrected chi connectivity index (χ3v) is 1.29. The minimum Gasteiger partial charge on any atom is -0.466 e. The fraction of sp³-hybridized carbons (Fsp3) is 0.300. The largest absolute Gasteiger partial charge is 0.466 e. The number of nitrogens with one attached hydrogen (secondary N) is 1. The number of nitrogens with two attached hydrogens (primary N) is 1. The van der Waals surface area contributed by atoms with E-state index in [1.165, 1.54) is 6.92 Å². The monoisotopic (exact) mass is 196 g/mol. The lowest BCUT2D eigenvalue weighted by Gasteiger charge is -1.94. The molecular weight excluding hydrogens is 180 g/mol. The number of esters is 1. The van der Waals surface area contributed by atoms with E-state index in [0.29, 0.717) is 6.61 Å². The van der Waals surface area contributed by atoms with Crippen LogP contribution >= 0.6 is 0 Å². The average molecular weight is 196 g/mol. The van der Waals surface area contributed by atoms with Gasteiger partial charge in [0.25, 0.3) is 0 Å². The molecule has 0 aliphatic rings. The number of anilines is 1. The van der Waals surface area contributed by atoms with Crippen molar-refractivity contribution in [3.8, 4) is 0 Å². The number of nitrogen functional groups attached to an aromatic ring is 1. The molecule has 0 saturated carbocycles. The van der Waals surface area contributed by atoms with E-state index in [0.717, 1.165) is 5.69 Å². The van der Waals surface area contributed by atoms with Gasteiger partial charge in [0.15, 0.2) is 0 Å². The molecule has 0 heterocycles. The van der Waals surface area contributed by atoms with Crippen molar-refractivity contribution in [2.45, 2.75) is 13.8 Å². The molecule has 0 spiro atoms. The van der Waals surface area contributed by atoms with Crippen molar-refractivity contribution in [3.05, 3.63) is 30.3 Å². The molecule has 0 aliphatic heterocycles. The summed E-state index contributed by atoms with van der Waals surface area (Å²) < 4.78 is 4.40. The topological polar surface area (TPSA) is 64.3 Å². The second-order valence-electron chi connectivity index (χ2n) is 2.43. The van der Waals surface area contributed by atoms with Gasteiger partial charge in [-0.2, -0.15) is 0 Å². The molecule has 0 saturated heterocycles. The maximum atomic E-state index is 9.82. The summed E-state index contributed by atoms with van der Waals surface area (Å²) in [5.74, 6) is 4.89. The van der Waals surface area contributed by atoms with Crippen LogP contribution in [0, 0.1) is 0 Å². The SMILES string of the molecule is CCOC(C)=O.NNc1ccccc1. The van der Waals surface area contributed by atoms with Crippen LogP contribution in [0.1, 0.15) is 13.8 Å². The second kappa shape index (κ2) is 8.07. The standard InChI is InChI=1S/C6H8N2.C4H8O2/c7-8-6-4-2-1-3-5-6;1-3-6-4(2)5/h1-5,8H,7H2;3H2,1-2H3. The number of carbonyl (C=O) groups is 1. The highest BCUT2D eigenvalue weighted by molar-refractivity contribution is 5.65. The quantitative estimate of drug-likeness (QED) is 0.428. The fourth-order valence-corrected chi connectivity index (χ4v) is 0.738. The molecule has 14 heavy (non-hydrogen) atoms. The van der Waals surface area contributed by atoms with E-state index in [4.69, 9.17) is 5.84 Å². The summed E-state index contributed by atoms with van der Waals surface area (Å²) >= 11 is 0. The van der Waals surface area contributed by atoms with E-state index in [1.807, 2.05) is 30.3 Å². The summed E-state index contributed by atoms with van der Waals surface area (Å²) in [4.78, 5) is 9.82. The van der Waals surface area contributed by atoms with E-state index in [-0.39, 0.29) is 5.97 Å². The Labute approximate surface area is 84.0 Å². The minimum absolute atomic E-state index is 0.211. The lowest BCUT2D eigenvalue weighted by atomic mass is 10.3. The Hall–Kier alpha value is -1.55. The Morgan fingerprint density at radius 3 is 2.21 bits per heavy atom. The molecule has 0 aromatic heterocycles. The summed E-state index contributed by atoms with van der Waals surface area (Å²) in [6.07, 6.45) is 0. The van der Waals surface area contributed by atoms with Crippen LogP contribution in [-0.2, 0) is 9.53 Å². The van der Waals surface area contributed by atoms with Crippen LogP contribution in [0.15, 0.2) is 30.3 Å². The normalized spacial score (nSPS) is 8.21. The van der Waals surface area contributed by atoms with Gasteiger partial charge in [-0.15, -0.1) is 0 Å². The van der Waals surface area contributed by atoms with Crippen molar-refractivity contribution in [1.29, 1.82) is 0 Å². The molecule has 0 aliphatic carbocycles. The lowest BCUT2D eigenvalue weighted by molar-refractivity contribution is -0.140. The first-order chi connectivity index (χ1) is 6.70. The van der Waals surface area contributed by atoms with Crippen LogP contribution in [0.25, 0.3) is 0 Å². The van der Waals surface area contributed by atoms with E-state index in [9.17, 15) is 4.79 Å². The van der Waals surface area contributed by atoms with Gasteiger partial charge < -0.3 is 10.2 Å². The summed E-state index contributed by atoms with van der Waals surface area (Å²) in [5, 5.41) is 0. The molecule has 1 aromatic rings. The van der Waals surface area contributed by atoms with Gasteiger partial charge >= 0.3 is 5.97 Å². The van der Waals surface area contributed by atoms with E-state index < -0.39 is 0 Å². The summed E-state index contributed by atoms with van der Waals surface area (Å²) in [6.45, 7) is 3.65. The Balaban J connectivity index is 0.000000255. The highest BCUT2D eigenvalue weighted by atomic mass is 16.5. The number of rotatable bonds is 2. The smallest absolute Gasteiger partial charge is 0.302 e. The van der Waals surface area contributed by atoms with Gasteiger partial charge in [-0.05, 0) is 19.1 Å². The fourth-order valence-electron chi connectivity index (χ4n) is 0.738. The third kappa shape index (κ3) is 7.12. The maximum Gasteiger partial charge on any atom is 0.302 e. The Bertz CT molecular complexity index is 250. The molecule has 0 amide bonds. The van der Waals surface area contributed by atoms with Gasteiger partial charge in [-0.3, -0.25) is 10.6 Å². The number of hydrogen-bond donors (Lipinski definition) is 2. The van der Waals surface area contributed by atoms with Crippen molar-refractivity contribution in [2.24, 2.45) is 5.84 Å². The summed E-state index contributed by atoms with van der Waals surface area (Å²) in [5.41, 5.74) is 3.46. The summed E-state index contributed by atoms with van der Waals surface area (Å²) in [6, 6.07) is 9.60. The molecule has 3 N–H and O–H groups in total. The second-order valence-corrected chi connectivity index (χ2v) is 2.43. The molecular formula is C10H16N2O2. The van der Waals surface area contributed by atoms with Crippen LogP contribution in [-0.4, -0.2) is 12.6 Å². The molecule has 0 atom stereocenters. The minimum atomic E-state index is -0.211. The highest BCUT2D eigenvalue weighted by Crippen LogP contribution is 2.00. The number of benzene rings is 1. The van der Waals surface area contributed by atoms with Gasteiger partial charge in [-0.25, -0.2) is 0 Å². The van der Waals surface area contributed by atoms with Crippen LogP contribution < -0.4 is 11.3 Å². The predicted octanol–water partition coefficient (Wildman–Crippen LogP) is 1.54. The molecule has 4 heteroatoms. The van der Waals surface area contributed by atoms with Gasteiger partial charge in [-0.1, -0.05) is 18.2 Å². The Morgan fingerprint density at radius 2 is 2.00 bits per heavy atom. The Kier molecular flexibility index (Phi) is 7.17. The number of carbonyl (C=O) groups excluding carboxylic acids is 1. The molecule has 4 nitrogen and oxygen atoms in total. The molecule has 0 bridgehead atoms. The van der Waals surface area contributed by atoms with Gasteiger partial charge in [0, 0.05) is 12.6 Å². The zero-order valence-corrected chi connectivity index (χ0v) is 8.49. The van der Waals surface area contributed by atoms with Crippen molar-refractivity contribution < 1.29 is 9.53 Å². The predicted molar refractivity (Wildman–Crippen MR) is 56.6 cm³/mol. The first-order valence-corrected chi connectivity index (χ1v) is 4.35. The van der Waals surface area contributed by atoms with E-state index in [2.05, 4.69) is 10.2 Å².